The van der Waals surface area contributed by atoms with Crippen molar-refractivity contribution in [3.05, 3.63) is 52.5 Å². The number of imide groups is 1. The Morgan fingerprint density at radius 3 is 2.60 bits per heavy atom. The van der Waals surface area contributed by atoms with Crippen molar-refractivity contribution in [3.8, 4) is 11.5 Å². The van der Waals surface area contributed by atoms with Gasteiger partial charge in [-0.25, -0.2) is 4.90 Å². The highest BCUT2D eigenvalue weighted by Crippen LogP contribution is 2.34. The molecule has 2 aromatic carbocycles. The number of fused-ring (bicyclic) bond motifs is 1. The lowest BCUT2D eigenvalue weighted by Crippen LogP contribution is -2.45. The third-order valence-corrected chi connectivity index (χ3v) is 5.69. The standard InChI is InChI=1S/C22H21BrN2O5/c1-2-3-20(26)24(12-14-4-9-18-19(10-14)30-13-29-18)17-11-21(27)25(22(17)28)16-7-5-15(23)6-8-16/h4-10,17H,2-3,11-13H2,1H3. The maximum atomic E-state index is 13.2. The van der Waals surface area contributed by atoms with Crippen molar-refractivity contribution in [1.82, 2.24) is 4.90 Å². The summed E-state index contributed by atoms with van der Waals surface area (Å²) in [5, 5.41) is 0. The van der Waals surface area contributed by atoms with Crippen LogP contribution >= 0.6 is 15.9 Å². The van der Waals surface area contributed by atoms with E-state index in [1.165, 1.54) is 9.80 Å². The van der Waals surface area contributed by atoms with Gasteiger partial charge < -0.3 is 14.4 Å². The summed E-state index contributed by atoms with van der Waals surface area (Å²) in [7, 11) is 0. The van der Waals surface area contributed by atoms with Crippen molar-refractivity contribution in [3.63, 3.8) is 0 Å². The molecule has 7 nitrogen and oxygen atoms in total. The summed E-state index contributed by atoms with van der Waals surface area (Å²) in [4.78, 5) is 41.4. The number of rotatable bonds is 6. The molecule has 0 spiro atoms. The lowest BCUT2D eigenvalue weighted by Gasteiger charge is -2.28. The van der Waals surface area contributed by atoms with Gasteiger partial charge in [-0.2, -0.15) is 0 Å². The van der Waals surface area contributed by atoms with Gasteiger partial charge in [0.25, 0.3) is 5.91 Å². The van der Waals surface area contributed by atoms with Crippen LogP contribution in [0.5, 0.6) is 11.5 Å². The zero-order valence-electron chi connectivity index (χ0n) is 16.5. The topological polar surface area (TPSA) is 76.2 Å². The SMILES string of the molecule is CCCC(=O)N(Cc1ccc2c(c1)OCO2)C1CC(=O)N(c2ccc(Br)cc2)C1=O. The first-order valence-corrected chi connectivity index (χ1v) is 10.6. The first-order chi connectivity index (χ1) is 14.5. The fourth-order valence-corrected chi connectivity index (χ4v) is 3.95. The summed E-state index contributed by atoms with van der Waals surface area (Å²) >= 11 is 3.35. The molecular formula is C22H21BrN2O5. The summed E-state index contributed by atoms with van der Waals surface area (Å²) in [5.74, 6) is 0.415. The van der Waals surface area contributed by atoms with Gasteiger partial charge in [-0.15, -0.1) is 0 Å². The third-order valence-electron chi connectivity index (χ3n) is 5.16. The third kappa shape index (κ3) is 3.92. The molecule has 2 heterocycles. The molecule has 4 rings (SSSR count). The van der Waals surface area contributed by atoms with Crippen LogP contribution in [-0.4, -0.2) is 35.5 Å². The maximum absolute atomic E-state index is 13.2. The molecule has 0 aromatic heterocycles. The largest absolute Gasteiger partial charge is 0.454 e. The quantitative estimate of drug-likeness (QED) is 0.599. The highest BCUT2D eigenvalue weighted by molar-refractivity contribution is 9.10. The van der Waals surface area contributed by atoms with E-state index in [4.69, 9.17) is 9.47 Å². The summed E-state index contributed by atoms with van der Waals surface area (Å²) in [6, 6.07) is 11.6. The van der Waals surface area contributed by atoms with E-state index in [9.17, 15) is 14.4 Å². The van der Waals surface area contributed by atoms with Gasteiger partial charge in [0.05, 0.1) is 12.1 Å². The van der Waals surface area contributed by atoms with Crippen LogP contribution in [0.25, 0.3) is 0 Å². The smallest absolute Gasteiger partial charge is 0.257 e. The van der Waals surface area contributed by atoms with Crippen LogP contribution < -0.4 is 14.4 Å². The average molecular weight is 473 g/mol. The number of ether oxygens (including phenoxy) is 2. The molecule has 0 N–H and O–H groups in total. The summed E-state index contributed by atoms with van der Waals surface area (Å²) in [5.41, 5.74) is 1.31. The first-order valence-electron chi connectivity index (χ1n) is 9.78. The van der Waals surface area contributed by atoms with Gasteiger partial charge in [0.15, 0.2) is 11.5 Å². The zero-order chi connectivity index (χ0) is 21.3. The molecule has 1 atom stereocenters. The predicted octanol–water partition coefficient (Wildman–Crippen LogP) is 3.64. The maximum Gasteiger partial charge on any atom is 0.257 e. The summed E-state index contributed by atoms with van der Waals surface area (Å²) in [6.45, 7) is 2.29. The van der Waals surface area contributed by atoms with Gasteiger partial charge in [-0.05, 0) is 48.4 Å². The van der Waals surface area contributed by atoms with Crippen LogP contribution in [0.1, 0.15) is 31.7 Å². The Bertz CT molecular complexity index is 992. The number of benzene rings is 2. The number of halogens is 1. The predicted molar refractivity (Wildman–Crippen MR) is 113 cm³/mol. The van der Waals surface area contributed by atoms with Crippen molar-refractivity contribution in [2.24, 2.45) is 0 Å². The summed E-state index contributed by atoms with van der Waals surface area (Å²) < 4.78 is 11.6. The highest BCUT2D eigenvalue weighted by atomic mass is 79.9. The normalized spacial score (nSPS) is 17.5. The van der Waals surface area contributed by atoms with Crippen LogP contribution in [0.15, 0.2) is 46.9 Å². The molecule has 3 amide bonds. The Labute approximate surface area is 182 Å². The van der Waals surface area contributed by atoms with Gasteiger partial charge in [0.2, 0.25) is 18.6 Å². The van der Waals surface area contributed by atoms with E-state index in [0.29, 0.717) is 30.0 Å². The Morgan fingerprint density at radius 2 is 1.87 bits per heavy atom. The van der Waals surface area contributed by atoms with Gasteiger partial charge >= 0.3 is 0 Å². The lowest BCUT2D eigenvalue weighted by molar-refractivity contribution is -0.139. The molecule has 1 unspecified atom stereocenters. The number of carbonyl (C=O) groups is 3. The molecule has 2 aromatic rings. The van der Waals surface area contributed by atoms with Crippen molar-refractivity contribution < 1.29 is 23.9 Å². The molecule has 0 saturated carbocycles. The molecule has 0 aliphatic carbocycles. The monoisotopic (exact) mass is 472 g/mol. The van der Waals surface area contributed by atoms with Gasteiger partial charge in [-0.1, -0.05) is 28.9 Å². The number of carbonyl (C=O) groups excluding carboxylic acids is 3. The highest BCUT2D eigenvalue weighted by Gasteiger charge is 2.44. The van der Waals surface area contributed by atoms with Crippen LogP contribution in [0, 0.1) is 0 Å². The number of amides is 3. The lowest BCUT2D eigenvalue weighted by atomic mass is 10.1. The number of hydrogen-bond acceptors (Lipinski definition) is 5. The average Bonchev–Trinajstić information content (AvgIpc) is 3.31. The minimum Gasteiger partial charge on any atom is -0.454 e. The van der Waals surface area contributed by atoms with Crippen molar-refractivity contribution in [2.45, 2.75) is 38.8 Å². The second kappa shape index (κ2) is 8.47. The fourth-order valence-electron chi connectivity index (χ4n) is 3.69. The van der Waals surface area contributed by atoms with Crippen molar-refractivity contribution >= 4 is 39.3 Å². The molecule has 2 aliphatic rings. The van der Waals surface area contributed by atoms with Crippen LogP contribution in [0.4, 0.5) is 5.69 Å². The molecule has 0 radical (unpaired) electrons. The first kappa shape index (κ1) is 20.4. The van der Waals surface area contributed by atoms with Crippen LogP contribution in [-0.2, 0) is 20.9 Å². The van der Waals surface area contributed by atoms with E-state index in [1.54, 1.807) is 30.3 Å². The van der Waals surface area contributed by atoms with E-state index in [2.05, 4.69) is 15.9 Å². The minimum absolute atomic E-state index is 0.0328. The van der Waals surface area contributed by atoms with Crippen molar-refractivity contribution in [1.29, 1.82) is 0 Å². The number of anilines is 1. The molecule has 8 heteroatoms. The van der Waals surface area contributed by atoms with E-state index < -0.39 is 6.04 Å². The Morgan fingerprint density at radius 1 is 1.13 bits per heavy atom. The second-order valence-corrected chi connectivity index (χ2v) is 8.14. The van der Waals surface area contributed by atoms with Crippen molar-refractivity contribution in [2.75, 3.05) is 11.7 Å². The molecule has 2 aliphatic heterocycles. The van der Waals surface area contributed by atoms with E-state index >= 15 is 0 Å². The number of hydrogen-bond donors (Lipinski definition) is 0. The fraction of sp³-hybridized carbons (Fsp3) is 0.318. The van der Waals surface area contributed by atoms with E-state index in [1.807, 2.05) is 19.1 Å². The van der Waals surface area contributed by atoms with Crippen LogP contribution in [0.3, 0.4) is 0 Å². The van der Waals surface area contributed by atoms with E-state index in [-0.39, 0.29) is 37.5 Å². The minimum atomic E-state index is -0.828. The molecule has 0 bridgehead atoms. The van der Waals surface area contributed by atoms with Gasteiger partial charge in [0.1, 0.15) is 6.04 Å². The van der Waals surface area contributed by atoms with Crippen LogP contribution in [0.2, 0.25) is 0 Å². The van der Waals surface area contributed by atoms with Gasteiger partial charge in [-0.3, -0.25) is 14.4 Å². The Hall–Kier alpha value is -2.87. The molecule has 30 heavy (non-hydrogen) atoms. The van der Waals surface area contributed by atoms with E-state index in [0.717, 1.165) is 10.0 Å². The molecule has 1 fully saturated rings. The number of nitrogens with zero attached hydrogens (tertiary/aromatic N) is 2. The molecular weight excluding hydrogens is 452 g/mol. The van der Waals surface area contributed by atoms with Gasteiger partial charge in [0, 0.05) is 17.4 Å². The zero-order valence-corrected chi connectivity index (χ0v) is 18.1. The molecule has 156 valence electrons. The Balaban J connectivity index is 1.60. The second-order valence-electron chi connectivity index (χ2n) is 7.22. The Kier molecular flexibility index (Phi) is 5.76. The summed E-state index contributed by atoms with van der Waals surface area (Å²) in [6.07, 6.45) is 0.928. The molecule has 1 saturated heterocycles.